The predicted molar refractivity (Wildman–Crippen MR) is 153 cm³/mol. The van der Waals surface area contributed by atoms with Gasteiger partial charge in [0.25, 0.3) is 0 Å². The van der Waals surface area contributed by atoms with Crippen molar-refractivity contribution in [3.63, 3.8) is 0 Å². The predicted octanol–water partition coefficient (Wildman–Crippen LogP) is 7.64. The molecule has 0 aromatic heterocycles. The van der Waals surface area contributed by atoms with Gasteiger partial charge in [0, 0.05) is 0 Å². The molecule has 0 saturated heterocycles. The summed E-state index contributed by atoms with van der Waals surface area (Å²) >= 11 is -7.56. The zero-order valence-corrected chi connectivity index (χ0v) is 26.7. The zero-order chi connectivity index (χ0) is 30.1. The van der Waals surface area contributed by atoms with Crippen LogP contribution in [0, 0.1) is 14.3 Å². The molecule has 40 heavy (non-hydrogen) atoms. The first-order valence-electron chi connectivity index (χ1n) is 10.9. The van der Waals surface area contributed by atoms with Gasteiger partial charge in [-0.15, -0.1) is 0 Å². The van der Waals surface area contributed by atoms with Crippen LogP contribution in [-0.4, -0.2) is 27.9 Å². The van der Waals surface area contributed by atoms with Crippen LogP contribution in [0.1, 0.15) is 26.3 Å². The molecule has 0 aliphatic carbocycles. The summed E-state index contributed by atoms with van der Waals surface area (Å²) in [4.78, 5) is 0. The van der Waals surface area contributed by atoms with E-state index < -0.39 is 71.7 Å². The first-order chi connectivity index (χ1) is 18.2. The van der Waals surface area contributed by atoms with Crippen LogP contribution < -0.4 is 0 Å². The maximum absolute atomic E-state index is 13.2. The first kappa shape index (κ1) is 33.0. The third-order valence-electron chi connectivity index (χ3n) is 4.90. The van der Waals surface area contributed by atoms with Gasteiger partial charge in [0.1, 0.15) is 0 Å². The second-order valence-electron chi connectivity index (χ2n) is 8.91. The van der Waals surface area contributed by atoms with E-state index in [1.54, 1.807) is 18.2 Å². The Labute approximate surface area is 243 Å². The van der Waals surface area contributed by atoms with Crippen LogP contribution in [0.4, 0.5) is 26.3 Å². The van der Waals surface area contributed by atoms with E-state index in [2.05, 4.69) is 2.51 Å². The van der Waals surface area contributed by atoms with E-state index in [-0.39, 0.29) is 19.7 Å². The molecule has 16 heteroatoms. The van der Waals surface area contributed by atoms with Gasteiger partial charge < -0.3 is 0 Å². The first-order valence-corrected chi connectivity index (χ1v) is 19.8. The molecule has 0 amide bonds. The summed E-state index contributed by atoms with van der Waals surface area (Å²) < 4.78 is 136. The Morgan fingerprint density at radius 3 is 1.12 bits per heavy atom. The monoisotopic (exact) mass is 838 g/mol. The Morgan fingerprint density at radius 1 is 0.525 bits per heavy atom. The molecule has 3 aromatic rings. The van der Waals surface area contributed by atoms with E-state index in [0.29, 0.717) is 0 Å². The molecule has 3 aromatic carbocycles. The summed E-state index contributed by atoms with van der Waals surface area (Å²) in [7, 11) is -12.0. The van der Waals surface area contributed by atoms with Crippen molar-refractivity contribution in [2.24, 2.45) is 0 Å². The van der Waals surface area contributed by atoms with Gasteiger partial charge in [0.15, 0.2) is 0 Å². The molecule has 0 aliphatic heterocycles. The van der Waals surface area contributed by atoms with Crippen LogP contribution in [0.2, 0.25) is 0 Å². The Morgan fingerprint density at radius 2 is 0.825 bits per heavy atom. The average molecular weight is 838 g/mol. The topological polar surface area (TPSA) is 86.7 Å². The Balaban J connectivity index is 2.08. The minimum absolute atomic E-state index is 0.0737. The van der Waals surface area contributed by atoms with Gasteiger partial charge in [-0.1, -0.05) is 0 Å². The van der Waals surface area contributed by atoms with E-state index >= 15 is 0 Å². The molecule has 0 aliphatic rings. The Bertz CT molecular complexity index is 1520. The summed E-state index contributed by atoms with van der Waals surface area (Å²) in [6.45, 7) is 5.74. The fraction of sp³-hybridized carbons (Fsp3) is 0.250. The molecule has 0 radical (unpaired) electrons. The third-order valence-corrected chi connectivity index (χ3v) is 19.0. The molecule has 6 nitrogen and oxygen atoms in total. The van der Waals surface area contributed by atoms with E-state index in [9.17, 15) is 43.2 Å². The van der Waals surface area contributed by atoms with Crippen molar-refractivity contribution < 1.29 is 48.2 Å². The molecular formula is C24H22F6I2O6S2. The molecule has 0 fully saturated rings. The maximum atomic E-state index is 13.2. The molecule has 0 spiro atoms. The molecular weight excluding hydrogens is 816 g/mol. The van der Waals surface area contributed by atoms with Gasteiger partial charge in [-0.05, 0) is 0 Å². The van der Waals surface area contributed by atoms with Crippen molar-refractivity contribution in [1.29, 1.82) is 0 Å². The third kappa shape index (κ3) is 7.87. The van der Waals surface area contributed by atoms with Crippen LogP contribution in [0.15, 0.2) is 78.9 Å². The van der Waals surface area contributed by atoms with Crippen molar-refractivity contribution in [3.8, 4) is 0 Å². The Hall–Kier alpha value is -1.48. The van der Waals surface area contributed by atoms with E-state index in [1.165, 1.54) is 60.7 Å². The van der Waals surface area contributed by atoms with Crippen molar-refractivity contribution in [2.45, 2.75) is 37.2 Å². The number of alkyl halides is 6. The SMILES string of the molecule is CC(C)(C)c1ccc(I(OS(=O)(=O)C(F)(F)F)c2ccc(I(OS(=O)(=O)C(F)(F)F)c3ccccc3)cc2)cc1. The van der Waals surface area contributed by atoms with Crippen molar-refractivity contribution >= 4 is 60.7 Å². The van der Waals surface area contributed by atoms with Gasteiger partial charge in [-0.25, -0.2) is 0 Å². The van der Waals surface area contributed by atoms with Gasteiger partial charge in [-0.3, -0.25) is 0 Å². The summed E-state index contributed by atoms with van der Waals surface area (Å²) in [6, 6.07) is 18.5. The van der Waals surface area contributed by atoms with Crippen molar-refractivity contribution in [2.75, 3.05) is 0 Å². The standard InChI is InChI=1S/C24H22F6I2O6S2/c1-22(2,3)17-9-11-19(12-10-17)32(38-40(35,36)24(28,29)30)21-15-13-20(14-16-21)31(18-7-5-4-6-8-18)37-39(33,34)23(25,26)27/h4-16H,1-3H3. The molecule has 0 heterocycles. The van der Waals surface area contributed by atoms with Gasteiger partial charge in [0.05, 0.1) is 0 Å². The molecule has 0 saturated carbocycles. The molecule has 0 bridgehead atoms. The number of rotatable bonds is 8. The summed E-state index contributed by atoms with van der Waals surface area (Å²) in [5.41, 5.74) is -10.8. The number of benzene rings is 3. The van der Waals surface area contributed by atoms with E-state index in [4.69, 9.17) is 2.51 Å². The molecule has 222 valence electrons. The molecule has 0 N–H and O–H groups in total. The fourth-order valence-electron chi connectivity index (χ4n) is 2.89. The number of halogens is 8. The van der Waals surface area contributed by atoms with Gasteiger partial charge >= 0.3 is 245 Å². The fourth-order valence-corrected chi connectivity index (χ4v) is 15.8. The normalized spacial score (nSPS) is 14.1. The molecule has 0 atom stereocenters. The van der Waals surface area contributed by atoms with Gasteiger partial charge in [-0.2, -0.15) is 0 Å². The van der Waals surface area contributed by atoms with Crippen LogP contribution in [0.3, 0.4) is 0 Å². The summed E-state index contributed by atoms with van der Waals surface area (Å²) in [5, 5.41) is 0. The number of hydrogen-bond acceptors (Lipinski definition) is 6. The van der Waals surface area contributed by atoms with Crippen LogP contribution >= 0.6 is 40.5 Å². The molecule has 3 rings (SSSR count). The number of hydrogen-bond donors (Lipinski definition) is 0. The average Bonchev–Trinajstić information content (AvgIpc) is 2.85. The van der Waals surface area contributed by atoms with Gasteiger partial charge in [0.2, 0.25) is 0 Å². The second kappa shape index (κ2) is 12.0. The molecule has 0 unspecified atom stereocenters. The van der Waals surface area contributed by atoms with E-state index in [1.807, 2.05) is 20.8 Å². The zero-order valence-electron chi connectivity index (χ0n) is 20.8. The second-order valence-corrected chi connectivity index (χ2v) is 21.9. The van der Waals surface area contributed by atoms with Crippen LogP contribution in [0.25, 0.3) is 0 Å². The summed E-state index contributed by atoms with van der Waals surface area (Å²) in [5.74, 6) is 0. The quantitative estimate of drug-likeness (QED) is 0.132. The van der Waals surface area contributed by atoms with E-state index in [0.717, 1.165) is 5.56 Å². The van der Waals surface area contributed by atoms with Crippen molar-refractivity contribution in [3.05, 3.63) is 98.7 Å². The van der Waals surface area contributed by atoms with Crippen LogP contribution in [0.5, 0.6) is 0 Å². The summed E-state index contributed by atoms with van der Waals surface area (Å²) in [6.07, 6.45) is 0. The van der Waals surface area contributed by atoms with Crippen molar-refractivity contribution in [1.82, 2.24) is 0 Å². The van der Waals surface area contributed by atoms with Crippen LogP contribution in [-0.2, 0) is 30.7 Å². The minimum atomic E-state index is -5.99. The Kier molecular flexibility index (Phi) is 9.93.